The van der Waals surface area contributed by atoms with Gasteiger partial charge in [-0.05, 0) is 32.1 Å². The zero-order chi connectivity index (χ0) is 50.4. The van der Waals surface area contributed by atoms with Crippen LogP contribution in [-0.4, -0.2) is 117 Å². The Morgan fingerprint density at radius 2 is 0.943 bits per heavy atom. The lowest BCUT2D eigenvalue weighted by Crippen LogP contribution is -2.22. The Labute approximate surface area is 417 Å². The van der Waals surface area contributed by atoms with Crippen LogP contribution in [0.3, 0.4) is 0 Å². The zero-order valence-electron chi connectivity index (χ0n) is 41.7. The maximum absolute atomic E-state index is 9.26. The van der Waals surface area contributed by atoms with Gasteiger partial charge in [-0.2, -0.15) is 28.4 Å². The topological polar surface area (TPSA) is 322 Å². The Hall–Kier alpha value is -6.79. The third-order valence-electron chi connectivity index (χ3n) is 10.0. The van der Waals surface area contributed by atoms with Crippen LogP contribution in [0.2, 0.25) is 0 Å². The van der Waals surface area contributed by atoms with Gasteiger partial charge in [-0.25, -0.2) is 15.0 Å². The molecule has 0 aromatic carbocycles. The van der Waals surface area contributed by atoms with Gasteiger partial charge in [0.15, 0.2) is 57.7 Å². The molecule has 1 unspecified atom stereocenters. The molecule has 0 saturated carbocycles. The summed E-state index contributed by atoms with van der Waals surface area (Å²) in [5.74, 6) is 5.90. The number of aliphatic hydroxyl groups excluding tert-OH is 2. The quantitative estimate of drug-likeness (QED) is 0.0274. The third kappa shape index (κ3) is 19.7. The number of rotatable bonds is 28. The summed E-state index contributed by atoms with van der Waals surface area (Å²) in [6.45, 7) is 7.68. The summed E-state index contributed by atoms with van der Waals surface area (Å²) in [4.78, 5) is 33.0. The second-order valence-corrected chi connectivity index (χ2v) is 15.0. The number of hydrogen-bond acceptors (Lipinski definition) is 23. The van der Waals surface area contributed by atoms with Gasteiger partial charge in [0, 0.05) is 56.4 Å². The number of ether oxygens (including phenoxy) is 7. The van der Waals surface area contributed by atoms with Crippen molar-refractivity contribution in [3.8, 4) is 40.2 Å². The van der Waals surface area contributed by atoms with Crippen molar-refractivity contribution in [1.29, 1.82) is 0 Å². The number of nitrogens with zero attached hydrogens (tertiary/aromatic N) is 8. The summed E-state index contributed by atoms with van der Waals surface area (Å²) in [6.07, 6.45) is 16.3. The molecule has 0 aliphatic heterocycles. The molecule has 5 aromatic rings. The first-order valence-electron chi connectivity index (χ1n) is 22.8. The van der Waals surface area contributed by atoms with E-state index in [1.54, 1.807) is 72.5 Å². The Bertz CT molecular complexity index is 2230. The van der Waals surface area contributed by atoms with Crippen LogP contribution in [0.25, 0.3) is 0 Å². The smallest absolute Gasteiger partial charge is 0.222 e. The molecule has 0 aliphatic rings. The molecule has 0 spiro atoms. The van der Waals surface area contributed by atoms with Gasteiger partial charge in [-0.15, -0.1) is 0 Å². The van der Waals surface area contributed by atoms with Gasteiger partial charge in [0.25, 0.3) is 0 Å². The van der Waals surface area contributed by atoms with E-state index < -0.39 is 0 Å². The van der Waals surface area contributed by atoms with Crippen LogP contribution in [-0.2, 0) is 13.2 Å². The number of nitrogens with two attached hydrogens (primary N) is 3. The van der Waals surface area contributed by atoms with Crippen molar-refractivity contribution in [2.24, 2.45) is 0 Å². The number of methoxy groups -OCH3 is 5. The standard InChI is InChI=1S/C18H27N5O4.C16H23N5O3.C12H22N4O2.H2S/c1-4-5-12(7-9-24)22-17-15(10-21-18(19)23-17)27-11-13-16(26-3)14(25-2)6-8-20-13;1-4-5-7-19-15-13(9-20-16(17)21-15)24-10-11-14(23-3)12(22-2)6-8-18-11;1-3-4-5-9(6-7-17)15-11-10(18-2)8-14-12(13)16-11;/h6,8,10,12,24H,4-5,7,9,11H2,1-3H3,(H3,19,21,22,23);6,8-9H,4-5,7,10H2,1-3H3,(H3,17,19,20,21);8-9,17H,3-7H2,1-2H3,(H3,13,14,15,16);1H2/t12-;;;/m0.../s1. The van der Waals surface area contributed by atoms with E-state index in [4.69, 9.17) is 55.5 Å². The van der Waals surface area contributed by atoms with Crippen LogP contribution < -0.4 is 66.3 Å². The molecular weight excluding hydrogens is 925 g/mol. The second kappa shape index (κ2) is 33.7. The maximum Gasteiger partial charge on any atom is 0.222 e. The summed E-state index contributed by atoms with van der Waals surface area (Å²) in [7, 11) is 7.81. The molecule has 0 saturated heterocycles. The number of aromatic nitrogens is 8. The maximum atomic E-state index is 9.26. The first-order valence-corrected chi connectivity index (χ1v) is 22.8. The van der Waals surface area contributed by atoms with E-state index in [1.165, 1.54) is 6.20 Å². The molecule has 2 atom stereocenters. The average Bonchev–Trinajstić information content (AvgIpc) is 3.35. The molecular formula is C46H74N14O9S. The SMILES string of the molecule is CCCCC(CCO)Nc1nc(N)ncc1OC.CCCCNc1nc(N)ncc1OCc1nccc(OC)c1OC.CCC[C@@H](CCO)Nc1nc(N)ncc1OCc1nccc(OC)c1OC.S. The third-order valence-corrected chi connectivity index (χ3v) is 10.0. The second-order valence-electron chi connectivity index (χ2n) is 15.0. The average molecular weight is 999 g/mol. The predicted octanol–water partition coefficient (Wildman–Crippen LogP) is 5.81. The minimum absolute atomic E-state index is 0. The Morgan fingerprint density at radius 1 is 0.514 bits per heavy atom. The number of nitrogen functional groups attached to an aromatic ring is 3. The molecule has 0 amide bonds. The zero-order valence-corrected chi connectivity index (χ0v) is 42.7. The first kappa shape index (κ1) is 59.3. The van der Waals surface area contributed by atoms with Crippen LogP contribution in [0.5, 0.6) is 40.2 Å². The Morgan fingerprint density at radius 3 is 1.37 bits per heavy atom. The van der Waals surface area contributed by atoms with Gasteiger partial charge in [-0.1, -0.05) is 46.5 Å². The van der Waals surface area contributed by atoms with E-state index in [2.05, 4.69) is 76.6 Å². The lowest BCUT2D eigenvalue weighted by molar-refractivity contribution is 0.274. The summed E-state index contributed by atoms with van der Waals surface area (Å²) in [6, 6.07) is 3.66. The Balaban J connectivity index is 0.000000365. The van der Waals surface area contributed by atoms with Gasteiger partial charge in [-0.3, -0.25) is 9.97 Å². The predicted molar refractivity (Wildman–Crippen MR) is 276 cm³/mol. The monoisotopic (exact) mass is 999 g/mol. The number of unbranched alkanes of at least 4 members (excludes halogenated alkanes) is 2. The fourth-order valence-corrected chi connectivity index (χ4v) is 6.50. The largest absolute Gasteiger partial charge is 0.493 e. The highest BCUT2D eigenvalue weighted by Crippen LogP contribution is 2.33. The van der Waals surface area contributed by atoms with Crippen molar-refractivity contribution in [3.63, 3.8) is 0 Å². The molecule has 11 N–H and O–H groups in total. The molecule has 23 nitrogen and oxygen atoms in total. The van der Waals surface area contributed by atoms with Crippen molar-refractivity contribution in [2.45, 2.75) is 104 Å². The number of anilines is 6. The summed E-state index contributed by atoms with van der Waals surface area (Å²) < 4.78 is 38.1. The molecule has 5 aromatic heterocycles. The highest BCUT2D eigenvalue weighted by atomic mass is 32.1. The molecule has 0 fully saturated rings. The molecule has 24 heteroatoms. The summed E-state index contributed by atoms with van der Waals surface area (Å²) >= 11 is 0. The first-order chi connectivity index (χ1) is 33.5. The van der Waals surface area contributed by atoms with Crippen LogP contribution in [0.1, 0.15) is 89.9 Å². The number of hydrogen-bond donors (Lipinski definition) is 8. The number of pyridine rings is 2. The van der Waals surface area contributed by atoms with E-state index in [-0.39, 0.29) is 69.9 Å². The van der Waals surface area contributed by atoms with Crippen LogP contribution in [0.4, 0.5) is 35.3 Å². The van der Waals surface area contributed by atoms with E-state index in [0.29, 0.717) is 81.9 Å². The molecule has 5 rings (SSSR count). The molecule has 0 radical (unpaired) electrons. The number of nitrogens with one attached hydrogen (secondary N) is 3. The van der Waals surface area contributed by atoms with Crippen molar-refractivity contribution in [3.05, 3.63) is 54.5 Å². The minimum atomic E-state index is 0. The Kier molecular flexibility index (Phi) is 28.5. The highest BCUT2D eigenvalue weighted by molar-refractivity contribution is 7.59. The minimum Gasteiger partial charge on any atom is -0.493 e. The lowest BCUT2D eigenvalue weighted by Gasteiger charge is -2.20. The van der Waals surface area contributed by atoms with Crippen LogP contribution >= 0.6 is 13.5 Å². The molecule has 70 heavy (non-hydrogen) atoms. The normalized spacial score (nSPS) is 11.2. The lowest BCUT2D eigenvalue weighted by atomic mass is 10.1. The van der Waals surface area contributed by atoms with Crippen LogP contribution in [0, 0.1) is 0 Å². The fraction of sp³-hybridized carbons (Fsp3) is 0.522. The molecule has 388 valence electrons. The van der Waals surface area contributed by atoms with E-state index in [1.807, 2.05) is 0 Å². The van der Waals surface area contributed by atoms with Gasteiger partial charge in [0.1, 0.15) is 24.6 Å². The summed E-state index contributed by atoms with van der Waals surface area (Å²) in [5.41, 5.74) is 18.1. The van der Waals surface area contributed by atoms with Crippen molar-refractivity contribution in [1.82, 2.24) is 39.9 Å². The van der Waals surface area contributed by atoms with Gasteiger partial charge >= 0.3 is 0 Å². The van der Waals surface area contributed by atoms with Crippen LogP contribution in [0.15, 0.2) is 43.1 Å². The van der Waals surface area contributed by atoms with E-state index in [0.717, 1.165) is 51.5 Å². The summed E-state index contributed by atoms with van der Waals surface area (Å²) in [5, 5.41) is 28.1. The van der Waals surface area contributed by atoms with Gasteiger partial charge in [0.05, 0.1) is 54.1 Å². The van der Waals surface area contributed by atoms with E-state index >= 15 is 0 Å². The highest BCUT2D eigenvalue weighted by Gasteiger charge is 2.18. The van der Waals surface area contributed by atoms with Crippen molar-refractivity contribution >= 4 is 48.8 Å². The molecule has 0 bridgehead atoms. The van der Waals surface area contributed by atoms with Crippen molar-refractivity contribution in [2.75, 3.05) is 88.5 Å². The molecule has 0 aliphatic carbocycles. The number of aliphatic hydroxyl groups is 2. The van der Waals surface area contributed by atoms with E-state index in [9.17, 15) is 5.11 Å². The molecule has 5 heterocycles. The van der Waals surface area contributed by atoms with Gasteiger partial charge in [0.2, 0.25) is 17.8 Å². The van der Waals surface area contributed by atoms with Crippen molar-refractivity contribution < 1.29 is 43.4 Å². The van der Waals surface area contributed by atoms with Gasteiger partial charge < -0.3 is 76.5 Å². The fourth-order valence-electron chi connectivity index (χ4n) is 6.50.